The van der Waals surface area contributed by atoms with Crippen molar-refractivity contribution in [1.82, 2.24) is 15.5 Å². The highest BCUT2D eigenvalue weighted by atomic mass is 19.1. The number of carbonyl (C=O) groups excluding carboxylic acids is 3. The van der Waals surface area contributed by atoms with Gasteiger partial charge in [-0.25, -0.2) is 4.39 Å². The van der Waals surface area contributed by atoms with Gasteiger partial charge < -0.3 is 13.7 Å². The zero-order chi connectivity index (χ0) is 19.9. The predicted molar refractivity (Wildman–Crippen MR) is 90.2 cm³/mol. The van der Waals surface area contributed by atoms with Crippen LogP contribution < -0.4 is 5.32 Å². The van der Waals surface area contributed by atoms with Gasteiger partial charge >= 0.3 is 5.97 Å². The molecule has 2 aromatic heterocycles. The standard InChI is InChI=1S/C18H14FN3O6/c19-12-5-3-11(4-6-12)17-21-15(28-22-17)7-8-16(24)27-10-14(23)20-18(25)13-2-1-9-26-13/h1-6,9H,7-8,10H2,(H,20,23,25). The number of rotatable bonds is 7. The highest BCUT2D eigenvalue weighted by Crippen LogP contribution is 2.16. The van der Waals surface area contributed by atoms with Crippen LogP contribution in [0.25, 0.3) is 11.4 Å². The van der Waals surface area contributed by atoms with E-state index >= 15 is 0 Å². The number of imide groups is 1. The molecule has 2 heterocycles. The van der Waals surface area contributed by atoms with Crippen molar-refractivity contribution in [3.63, 3.8) is 0 Å². The van der Waals surface area contributed by atoms with Crippen LogP contribution in [0, 0.1) is 5.82 Å². The fourth-order valence-electron chi connectivity index (χ4n) is 2.13. The van der Waals surface area contributed by atoms with Crippen LogP contribution in [0.1, 0.15) is 22.9 Å². The minimum Gasteiger partial charge on any atom is -0.459 e. The van der Waals surface area contributed by atoms with Crippen LogP contribution in [-0.2, 0) is 20.7 Å². The highest BCUT2D eigenvalue weighted by molar-refractivity contribution is 6.03. The predicted octanol–water partition coefficient (Wildman–Crippen LogP) is 1.90. The molecule has 0 spiro atoms. The summed E-state index contributed by atoms with van der Waals surface area (Å²) < 4.78 is 27.6. The summed E-state index contributed by atoms with van der Waals surface area (Å²) in [4.78, 5) is 39.0. The number of furan rings is 1. The summed E-state index contributed by atoms with van der Waals surface area (Å²) in [6, 6.07) is 8.42. The molecule has 9 nitrogen and oxygen atoms in total. The molecule has 0 radical (unpaired) electrons. The molecule has 0 unspecified atom stereocenters. The van der Waals surface area contributed by atoms with E-state index in [0.717, 1.165) is 0 Å². The SMILES string of the molecule is O=C(COC(=O)CCc1nc(-c2ccc(F)cc2)no1)NC(=O)c1ccco1. The molecule has 1 N–H and O–H groups in total. The van der Waals surface area contributed by atoms with Crippen LogP contribution in [-0.4, -0.2) is 34.5 Å². The maximum Gasteiger partial charge on any atom is 0.306 e. The number of hydrogen-bond acceptors (Lipinski definition) is 8. The Labute approximate surface area is 157 Å². The maximum absolute atomic E-state index is 12.9. The lowest BCUT2D eigenvalue weighted by Gasteiger charge is -2.04. The van der Waals surface area contributed by atoms with Crippen LogP contribution in [0.5, 0.6) is 0 Å². The van der Waals surface area contributed by atoms with Crippen molar-refractivity contribution in [2.45, 2.75) is 12.8 Å². The number of aromatic nitrogens is 2. The number of nitrogens with zero attached hydrogens (tertiary/aromatic N) is 2. The van der Waals surface area contributed by atoms with Crippen LogP contribution in [0.3, 0.4) is 0 Å². The molecular weight excluding hydrogens is 373 g/mol. The first-order valence-electron chi connectivity index (χ1n) is 8.13. The number of halogens is 1. The van der Waals surface area contributed by atoms with Crippen molar-refractivity contribution in [1.29, 1.82) is 0 Å². The number of esters is 1. The monoisotopic (exact) mass is 387 g/mol. The molecule has 2 amide bonds. The largest absolute Gasteiger partial charge is 0.459 e. The first-order chi connectivity index (χ1) is 13.5. The van der Waals surface area contributed by atoms with Gasteiger partial charge in [0, 0.05) is 12.0 Å². The van der Waals surface area contributed by atoms with Crippen molar-refractivity contribution in [2.24, 2.45) is 0 Å². The van der Waals surface area contributed by atoms with E-state index in [4.69, 9.17) is 13.7 Å². The van der Waals surface area contributed by atoms with Gasteiger partial charge in [-0.2, -0.15) is 4.98 Å². The lowest BCUT2D eigenvalue weighted by atomic mass is 10.2. The number of benzene rings is 1. The molecule has 0 aliphatic heterocycles. The Morgan fingerprint density at radius 3 is 2.64 bits per heavy atom. The van der Waals surface area contributed by atoms with E-state index in [1.165, 1.54) is 42.7 Å². The highest BCUT2D eigenvalue weighted by Gasteiger charge is 2.15. The molecule has 0 bridgehead atoms. The first kappa shape index (κ1) is 19.0. The fraction of sp³-hybridized carbons (Fsp3) is 0.167. The summed E-state index contributed by atoms with van der Waals surface area (Å²) in [6.07, 6.45) is 1.28. The molecule has 144 valence electrons. The Kier molecular flexibility index (Phi) is 5.90. The summed E-state index contributed by atoms with van der Waals surface area (Å²) in [6.45, 7) is -0.615. The molecule has 1 aromatic carbocycles. The lowest BCUT2D eigenvalue weighted by Crippen LogP contribution is -2.34. The summed E-state index contributed by atoms with van der Waals surface area (Å²) in [5.41, 5.74) is 0.567. The number of hydrogen-bond donors (Lipinski definition) is 1. The minimum absolute atomic E-state index is 0.0342. The third kappa shape index (κ3) is 5.10. The molecule has 28 heavy (non-hydrogen) atoms. The normalized spacial score (nSPS) is 10.5. The molecule has 0 aliphatic rings. The zero-order valence-electron chi connectivity index (χ0n) is 14.4. The van der Waals surface area contributed by atoms with Crippen molar-refractivity contribution >= 4 is 17.8 Å². The second-order valence-electron chi connectivity index (χ2n) is 5.53. The van der Waals surface area contributed by atoms with E-state index in [1.807, 2.05) is 5.32 Å². The molecule has 10 heteroatoms. The molecular formula is C18H14FN3O6. The third-order valence-corrected chi connectivity index (χ3v) is 3.48. The smallest absolute Gasteiger partial charge is 0.306 e. The van der Waals surface area contributed by atoms with E-state index in [0.29, 0.717) is 5.56 Å². The Morgan fingerprint density at radius 1 is 1.14 bits per heavy atom. The van der Waals surface area contributed by atoms with Crippen molar-refractivity contribution < 1.29 is 32.5 Å². The van der Waals surface area contributed by atoms with Gasteiger partial charge in [-0.3, -0.25) is 19.7 Å². The van der Waals surface area contributed by atoms with E-state index in [9.17, 15) is 18.8 Å². The molecule has 3 aromatic rings. The number of amides is 2. The molecule has 0 saturated heterocycles. The third-order valence-electron chi connectivity index (χ3n) is 3.48. The first-order valence-corrected chi connectivity index (χ1v) is 8.13. The minimum atomic E-state index is -0.786. The van der Waals surface area contributed by atoms with Gasteiger partial charge in [-0.1, -0.05) is 5.16 Å². The average molecular weight is 387 g/mol. The second-order valence-corrected chi connectivity index (χ2v) is 5.53. The van der Waals surface area contributed by atoms with E-state index in [-0.39, 0.29) is 36.1 Å². The second kappa shape index (κ2) is 8.71. The van der Waals surface area contributed by atoms with E-state index in [1.54, 1.807) is 0 Å². The quantitative estimate of drug-likeness (QED) is 0.610. The Morgan fingerprint density at radius 2 is 1.93 bits per heavy atom. The average Bonchev–Trinajstić information content (AvgIpc) is 3.37. The molecule has 0 fully saturated rings. The van der Waals surface area contributed by atoms with Gasteiger partial charge in [0.05, 0.1) is 12.7 Å². The summed E-state index contributed by atoms with van der Waals surface area (Å²) in [5.74, 6) is -2.16. The van der Waals surface area contributed by atoms with Crippen molar-refractivity contribution in [3.05, 3.63) is 60.1 Å². The van der Waals surface area contributed by atoms with Gasteiger partial charge in [0.1, 0.15) is 5.82 Å². The zero-order valence-corrected chi connectivity index (χ0v) is 14.4. The number of aryl methyl sites for hydroxylation is 1. The van der Waals surface area contributed by atoms with Gasteiger partial charge in [0.25, 0.3) is 11.8 Å². The molecule has 3 rings (SSSR count). The number of ether oxygens (including phenoxy) is 1. The summed E-state index contributed by atoms with van der Waals surface area (Å²) >= 11 is 0. The van der Waals surface area contributed by atoms with E-state index in [2.05, 4.69) is 10.1 Å². The van der Waals surface area contributed by atoms with Crippen molar-refractivity contribution in [2.75, 3.05) is 6.61 Å². The van der Waals surface area contributed by atoms with Crippen LogP contribution in [0.15, 0.2) is 51.6 Å². The topological polar surface area (TPSA) is 125 Å². The van der Waals surface area contributed by atoms with Gasteiger partial charge in [0.15, 0.2) is 12.4 Å². The molecule has 0 saturated carbocycles. The Hall–Kier alpha value is -3.82. The molecule has 0 atom stereocenters. The fourth-order valence-corrected chi connectivity index (χ4v) is 2.13. The summed E-state index contributed by atoms with van der Waals surface area (Å²) in [5, 5.41) is 5.77. The summed E-state index contributed by atoms with van der Waals surface area (Å²) in [7, 11) is 0. The van der Waals surface area contributed by atoms with Crippen LogP contribution >= 0.6 is 0 Å². The number of nitrogens with one attached hydrogen (secondary N) is 1. The van der Waals surface area contributed by atoms with Crippen LogP contribution in [0.4, 0.5) is 4.39 Å². The van der Waals surface area contributed by atoms with Gasteiger partial charge in [-0.05, 0) is 36.4 Å². The van der Waals surface area contributed by atoms with E-state index < -0.39 is 24.4 Å². The number of carbonyl (C=O) groups is 3. The lowest BCUT2D eigenvalue weighted by molar-refractivity contribution is -0.148. The van der Waals surface area contributed by atoms with Gasteiger partial charge in [0.2, 0.25) is 11.7 Å². The van der Waals surface area contributed by atoms with Crippen LogP contribution in [0.2, 0.25) is 0 Å². The Balaban J connectivity index is 1.41. The maximum atomic E-state index is 12.9. The van der Waals surface area contributed by atoms with Crippen molar-refractivity contribution in [3.8, 4) is 11.4 Å². The molecule has 0 aliphatic carbocycles. The Bertz CT molecular complexity index is 966. The van der Waals surface area contributed by atoms with Gasteiger partial charge in [-0.15, -0.1) is 0 Å².